The van der Waals surface area contributed by atoms with Gasteiger partial charge in [0.1, 0.15) is 0 Å². The smallest absolute Gasteiger partial charge is 0.321 e. The molecule has 0 saturated heterocycles. The van der Waals surface area contributed by atoms with Crippen LogP contribution in [0.2, 0.25) is 0 Å². The molecule has 1 fully saturated rings. The molecule has 0 heterocycles. The number of nitrogens with two attached hydrogens (primary N) is 1. The lowest BCUT2D eigenvalue weighted by molar-refractivity contribution is -0.121. The van der Waals surface area contributed by atoms with Gasteiger partial charge in [0, 0.05) is 12.6 Å². The van der Waals surface area contributed by atoms with Crippen molar-refractivity contribution in [3.8, 4) is 0 Å². The third-order valence-electron chi connectivity index (χ3n) is 3.28. The van der Waals surface area contributed by atoms with Gasteiger partial charge in [0.05, 0.1) is 6.54 Å². The fourth-order valence-corrected chi connectivity index (χ4v) is 2.02. The molecule has 4 N–H and O–H groups in total. The van der Waals surface area contributed by atoms with Crippen LogP contribution in [0.1, 0.15) is 40.0 Å². The van der Waals surface area contributed by atoms with Crippen LogP contribution in [-0.4, -0.2) is 49.1 Å². The predicted octanol–water partition coefficient (Wildman–Crippen LogP) is 0.672. The summed E-state index contributed by atoms with van der Waals surface area (Å²) >= 11 is 0. The van der Waals surface area contributed by atoms with Gasteiger partial charge < -0.3 is 11.1 Å². The zero-order valence-electron chi connectivity index (χ0n) is 12.9. The summed E-state index contributed by atoms with van der Waals surface area (Å²) in [5, 5.41) is 5.12. The number of urea groups is 1. The van der Waals surface area contributed by atoms with Crippen LogP contribution in [0.25, 0.3) is 0 Å². The molecule has 0 aromatic heterocycles. The molecular weight excluding hydrogens is 256 g/mol. The Balaban J connectivity index is 2.38. The molecule has 6 heteroatoms. The van der Waals surface area contributed by atoms with Crippen molar-refractivity contribution in [2.45, 2.75) is 46.1 Å². The number of imide groups is 1. The summed E-state index contributed by atoms with van der Waals surface area (Å²) < 4.78 is 0. The maximum atomic E-state index is 11.9. The van der Waals surface area contributed by atoms with E-state index in [4.69, 9.17) is 5.73 Å². The van der Waals surface area contributed by atoms with E-state index in [0.29, 0.717) is 6.54 Å². The molecule has 0 aromatic carbocycles. The van der Waals surface area contributed by atoms with Crippen molar-refractivity contribution in [2.24, 2.45) is 11.1 Å². The number of rotatable bonds is 8. The van der Waals surface area contributed by atoms with Crippen LogP contribution >= 0.6 is 0 Å². The SMILES string of the molecule is CCCN(CC(=O)NC(=O)NC1CC1)CC(C)(C)CN. The quantitative estimate of drug-likeness (QED) is 0.611. The summed E-state index contributed by atoms with van der Waals surface area (Å²) in [7, 11) is 0. The Hall–Kier alpha value is -1.14. The van der Waals surface area contributed by atoms with Crippen molar-refractivity contribution in [3.05, 3.63) is 0 Å². The zero-order chi connectivity index (χ0) is 15.2. The van der Waals surface area contributed by atoms with Crippen LogP contribution in [0.4, 0.5) is 4.79 Å². The molecule has 3 amide bonds. The van der Waals surface area contributed by atoms with Crippen molar-refractivity contribution in [3.63, 3.8) is 0 Å². The Kier molecular flexibility index (Phi) is 6.42. The maximum Gasteiger partial charge on any atom is 0.321 e. The number of carbonyl (C=O) groups excluding carboxylic acids is 2. The average molecular weight is 284 g/mol. The summed E-state index contributed by atoms with van der Waals surface area (Å²) in [5.74, 6) is -0.260. The fourth-order valence-electron chi connectivity index (χ4n) is 2.02. The standard InChI is InChI=1S/C14H28N4O2/c1-4-7-18(10-14(2,3)9-15)8-12(19)17-13(20)16-11-5-6-11/h11H,4-10,15H2,1-3H3,(H2,16,17,19,20). The Morgan fingerprint density at radius 3 is 2.50 bits per heavy atom. The highest BCUT2D eigenvalue weighted by molar-refractivity contribution is 5.95. The molecule has 0 radical (unpaired) electrons. The average Bonchev–Trinajstić information content (AvgIpc) is 3.12. The van der Waals surface area contributed by atoms with Gasteiger partial charge in [-0.2, -0.15) is 0 Å². The number of carbonyl (C=O) groups is 2. The molecule has 0 aromatic rings. The molecule has 20 heavy (non-hydrogen) atoms. The lowest BCUT2D eigenvalue weighted by Gasteiger charge is -2.31. The molecule has 0 spiro atoms. The number of amides is 3. The second-order valence-electron chi connectivity index (χ2n) is 6.37. The molecule has 1 aliphatic carbocycles. The Bertz CT molecular complexity index is 340. The van der Waals surface area contributed by atoms with E-state index < -0.39 is 0 Å². The van der Waals surface area contributed by atoms with E-state index in [1.165, 1.54) is 0 Å². The fraction of sp³-hybridized carbons (Fsp3) is 0.857. The summed E-state index contributed by atoms with van der Waals surface area (Å²) in [6, 6.07) is -0.127. The second-order valence-corrected chi connectivity index (χ2v) is 6.37. The number of hydrogen-bond donors (Lipinski definition) is 3. The zero-order valence-corrected chi connectivity index (χ0v) is 12.9. The first-order valence-electron chi connectivity index (χ1n) is 7.39. The van der Waals surface area contributed by atoms with Crippen LogP contribution in [0.3, 0.4) is 0 Å². The topological polar surface area (TPSA) is 87.5 Å². The highest BCUT2D eigenvalue weighted by Crippen LogP contribution is 2.18. The van der Waals surface area contributed by atoms with E-state index >= 15 is 0 Å². The van der Waals surface area contributed by atoms with E-state index in [1.54, 1.807) is 0 Å². The molecule has 6 nitrogen and oxygen atoms in total. The van der Waals surface area contributed by atoms with E-state index in [-0.39, 0.29) is 29.9 Å². The third kappa shape index (κ3) is 6.86. The predicted molar refractivity (Wildman–Crippen MR) is 79.3 cm³/mol. The van der Waals surface area contributed by atoms with Crippen molar-refractivity contribution < 1.29 is 9.59 Å². The Labute approximate surface area is 121 Å². The van der Waals surface area contributed by atoms with Crippen LogP contribution in [0, 0.1) is 5.41 Å². The van der Waals surface area contributed by atoms with Gasteiger partial charge in [0.2, 0.25) is 5.91 Å². The monoisotopic (exact) mass is 284 g/mol. The molecule has 1 saturated carbocycles. The molecule has 0 atom stereocenters. The van der Waals surface area contributed by atoms with Gasteiger partial charge in [0.25, 0.3) is 0 Å². The van der Waals surface area contributed by atoms with Gasteiger partial charge >= 0.3 is 6.03 Å². The summed E-state index contributed by atoms with van der Waals surface area (Å²) in [6.45, 7) is 8.59. The highest BCUT2D eigenvalue weighted by atomic mass is 16.2. The van der Waals surface area contributed by atoms with Gasteiger partial charge in [-0.15, -0.1) is 0 Å². The van der Waals surface area contributed by atoms with Crippen LogP contribution < -0.4 is 16.4 Å². The van der Waals surface area contributed by atoms with Gasteiger partial charge in [-0.25, -0.2) is 4.79 Å². The largest absolute Gasteiger partial charge is 0.335 e. The summed E-state index contributed by atoms with van der Waals surface area (Å²) in [6.07, 6.45) is 2.98. The molecule has 116 valence electrons. The van der Waals surface area contributed by atoms with E-state index in [2.05, 4.69) is 31.4 Å². The van der Waals surface area contributed by atoms with Gasteiger partial charge in [-0.1, -0.05) is 20.8 Å². The molecule has 1 rings (SSSR count). The molecular formula is C14H28N4O2. The first-order chi connectivity index (χ1) is 9.36. The first kappa shape index (κ1) is 16.9. The van der Waals surface area contributed by atoms with E-state index in [0.717, 1.165) is 32.4 Å². The number of nitrogens with one attached hydrogen (secondary N) is 2. The highest BCUT2D eigenvalue weighted by Gasteiger charge is 2.25. The summed E-state index contributed by atoms with van der Waals surface area (Å²) in [5.41, 5.74) is 5.70. The molecule has 0 aliphatic heterocycles. The number of nitrogens with zero attached hydrogens (tertiary/aromatic N) is 1. The van der Waals surface area contributed by atoms with Crippen molar-refractivity contribution in [2.75, 3.05) is 26.2 Å². The van der Waals surface area contributed by atoms with Gasteiger partial charge in [-0.05, 0) is 37.8 Å². The molecule has 0 bridgehead atoms. The van der Waals surface area contributed by atoms with Crippen LogP contribution in [-0.2, 0) is 4.79 Å². The third-order valence-corrected chi connectivity index (χ3v) is 3.28. The van der Waals surface area contributed by atoms with Gasteiger partial charge in [0.15, 0.2) is 0 Å². The van der Waals surface area contributed by atoms with Crippen molar-refractivity contribution in [1.82, 2.24) is 15.5 Å². The number of hydrogen-bond acceptors (Lipinski definition) is 4. The van der Waals surface area contributed by atoms with Crippen molar-refractivity contribution >= 4 is 11.9 Å². The second kappa shape index (κ2) is 7.59. The lowest BCUT2D eigenvalue weighted by atomic mass is 9.93. The molecule has 0 unspecified atom stereocenters. The Morgan fingerprint density at radius 2 is 2.00 bits per heavy atom. The Morgan fingerprint density at radius 1 is 1.35 bits per heavy atom. The maximum absolute atomic E-state index is 11.9. The molecule has 1 aliphatic rings. The normalized spacial score (nSPS) is 15.2. The van der Waals surface area contributed by atoms with E-state index in [1.807, 2.05) is 4.90 Å². The van der Waals surface area contributed by atoms with Crippen molar-refractivity contribution in [1.29, 1.82) is 0 Å². The van der Waals surface area contributed by atoms with Crippen LogP contribution in [0.15, 0.2) is 0 Å². The minimum atomic E-state index is -0.382. The minimum absolute atomic E-state index is 0.0360. The first-order valence-corrected chi connectivity index (χ1v) is 7.39. The van der Waals surface area contributed by atoms with Gasteiger partial charge in [-0.3, -0.25) is 15.0 Å². The minimum Gasteiger partial charge on any atom is -0.335 e. The lowest BCUT2D eigenvalue weighted by Crippen LogP contribution is -2.47. The van der Waals surface area contributed by atoms with E-state index in [9.17, 15) is 9.59 Å². The van der Waals surface area contributed by atoms with Crippen LogP contribution in [0.5, 0.6) is 0 Å². The summed E-state index contributed by atoms with van der Waals surface area (Å²) in [4.78, 5) is 25.4.